The highest BCUT2D eigenvalue weighted by Crippen LogP contribution is 2.32. The van der Waals surface area contributed by atoms with Crippen molar-refractivity contribution < 1.29 is 4.79 Å². The minimum atomic E-state index is -0.0947. The van der Waals surface area contributed by atoms with Gasteiger partial charge in [-0.15, -0.1) is 0 Å². The van der Waals surface area contributed by atoms with Gasteiger partial charge < -0.3 is 9.88 Å². The van der Waals surface area contributed by atoms with Crippen molar-refractivity contribution in [1.82, 2.24) is 4.57 Å². The number of benzene rings is 3. The monoisotopic (exact) mass is 413 g/mol. The zero-order valence-electron chi connectivity index (χ0n) is 17.0. The normalized spacial score (nSPS) is 11.5. The number of hydrogen-bond donors (Lipinski definition) is 1. The van der Waals surface area contributed by atoms with Crippen molar-refractivity contribution in [2.75, 3.05) is 5.32 Å². The fraction of sp³-hybridized carbons (Fsp3) is 0.120. The second-order valence-corrected chi connectivity index (χ2v) is 8.11. The Kier molecular flexibility index (Phi) is 5.91. The summed E-state index contributed by atoms with van der Waals surface area (Å²) in [5.41, 5.74) is 5.26. The lowest BCUT2D eigenvalue weighted by molar-refractivity contribution is -0.114. The van der Waals surface area contributed by atoms with Crippen LogP contribution in [-0.2, 0) is 11.3 Å². The molecular weight excluding hydrogens is 390 g/mol. The van der Waals surface area contributed by atoms with Crippen LogP contribution >= 0.6 is 11.3 Å². The lowest BCUT2D eigenvalue weighted by Gasteiger charge is -2.12. The molecule has 1 N–H and O–H groups in total. The van der Waals surface area contributed by atoms with Gasteiger partial charge in [0.05, 0.1) is 17.9 Å². The third-order valence-corrected chi connectivity index (χ3v) is 5.68. The molecule has 0 bridgehead atoms. The van der Waals surface area contributed by atoms with Crippen molar-refractivity contribution in [3.8, 4) is 11.3 Å². The molecule has 1 heterocycles. The summed E-state index contributed by atoms with van der Waals surface area (Å²) in [7, 11) is 0. The second kappa shape index (κ2) is 8.93. The number of amides is 1. The molecule has 4 rings (SSSR count). The van der Waals surface area contributed by atoms with E-state index in [-0.39, 0.29) is 5.91 Å². The highest BCUT2D eigenvalue weighted by molar-refractivity contribution is 7.14. The van der Waals surface area contributed by atoms with Crippen molar-refractivity contribution in [3.63, 3.8) is 0 Å². The van der Waals surface area contributed by atoms with Crippen LogP contribution in [0.2, 0.25) is 0 Å². The van der Waals surface area contributed by atoms with E-state index in [9.17, 15) is 4.79 Å². The predicted molar refractivity (Wildman–Crippen MR) is 124 cm³/mol. The number of carbonyl (C=O) groups excluding carboxylic acids is 1. The van der Waals surface area contributed by atoms with Gasteiger partial charge in [-0.1, -0.05) is 89.7 Å². The summed E-state index contributed by atoms with van der Waals surface area (Å²) in [5, 5.41) is 3.82. The van der Waals surface area contributed by atoms with Crippen LogP contribution in [0.4, 0.5) is 10.7 Å². The lowest BCUT2D eigenvalue weighted by Crippen LogP contribution is -2.17. The number of para-hydroxylation sites is 1. The third kappa shape index (κ3) is 4.58. The molecule has 0 saturated carbocycles. The molecule has 0 atom stereocenters. The molecule has 0 aliphatic rings. The molecule has 0 unspecified atom stereocenters. The first-order chi connectivity index (χ1) is 14.6. The van der Waals surface area contributed by atoms with Crippen LogP contribution in [0.3, 0.4) is 0 Å². The number of aryl methyl sites for hydroxylation is 1. The molecule has 5 heteroatoms. The Morgan fingerprint density at radius 1 is 0.933 bits per heavy atom. The van der Waals surface area contributed by atoms with Gasteiger partial charge in [-0.3, -0.25) is 4.79 Å². The maximum atomic E-state index is 11.9. The van der Waals surface area contributed by atoms with Gasteiger partial charge in [0, 0.05) is 12.5 Å². The molecule has 1 amide bonds. The van der Waals surface area contributed by atoms with Gasteiger partial charge in [0.15, 0.2) is 4.80 Å². The number of aromatic nitrogens is 1. The number of anilines is 1. The van der Waals surface area contributed by atoms with Crippen molar-refractivity contribution in [2.45, 2.75) is 20.4 Å². The zero-order chi connectivity index (χ0) is 20.9. The van der Waals surface area contributed by atoms with Gasteiger partial charge in [-0.2, -0.15) is 0 Å². The average molecular weight is 414 g/mol. The summed E-state index contributed by atoms with van der Waals surface area (Å²) in [5.74, 6) is -0.0947. The molecule has 4 nitrogen and oxygen atoms in total. The molecule has 4 aromatic rings. The molecule has 0 radical (unpaired) electrons. The summed E-state index contributed by atoms with van der Waals surface area (Å²) in [6, 6.07) is 28.6. The SMILES string of the molecule is CC(=O)Nc1sc(=Nc2ccccc2)n(Cc2ccccc2)c1-c1ccc(C)cc1. The summed E-state index contributed by atoms with van der Waals surface area (Å²) >= 11 is 1.49. The first-order valence-electron chi connectivity index (χ1n) is 9.82. The highest BCUT2D eigenvalue weighted by atomic mass is 32.1. The Balaban J connectivity index is 1.96. The second-order valence-electron chi connectivity index (χ2n) is 7.13. The first kappa shape index (κ1) is 19.9. The smallest absolute Gasteiger partial charge is 0.221 e. The molecule has 0 aliphatic heterocycles. The van der Waals surface area contributed by atoms with E-state index in [1.165, 1.54) is 29.4 Å². The lowest BCUT2D eigenvalue weighted by atomic mass is 10.1. The van der Waals surface area contributed by atoms with Gasteiger partial charge in [-0.05, 0) is 24.6 Å². The maximum Gasteiger partial charge on any atom is 0.221 e. The van der Waals surface area contributed by atoms with Crippen molar-refractivity contribution in [2.24, 2.45) is 4.99 Å². The Morgan fingerprint density at radius 2 is 1.57 bits per heavy atom. The van der Waals surface area contributed by atoms with Crippen molar-refractivity contribution >= 4 is 27.9 Å². The molecule has 30 heavy (non-hydrogen) atoms. The van der Waals surface area contributed by atoms with E-state index >= 15 is 0 Å². The van der Waals surface area contributed by atoms with Crippen LogP contribution in [0, 0.1) is 6.92 Å². The van der Waals surface area contributed by atoms with Gasteiger partial charge in [-0.25, -0.2) is 4.99 Å². The van der Waals surface area contributed by atoms with Crippen LogP contribution in [0.1, 0.15) is 18.1 Å². The standard InChI is InChI=1S/C25H23N3OS/c1-18-13-15-21(16-14-18)23-24(26-19(2)29)30-25(27-22-11-7-4-8-12-22)28(23)17-20-9-5-3-6-10-20/h3-16H,17H2,1-2H3,(H,26,29). The molecule has 0 saturated heterocycles. The quantitative estimate of drug-likeness (QED) is 0.444. The van der Waals surface area contributed by atoms with Gasteiger partial charge in [0.2, 0.25) is 5.91 Å². The largest absolute Gasteiger partial charge is 0.316 e. The molecule has 0 aliphatic carbocycles. The maximum absolute atomic E-state index is 11.9. The van der Waals surface area contributed by atoms with Gasteiger partial charge in [0.1, 0.15) is 5.00 Å². The Labute approximate surface area is 180 Å². The number of rotatable bonds is 5. The van der Waals surface area contributed by atoms with E-state index in [1.807, 2.05) is 48.5 Å². The van der Waals surface area contributed by atoms with E-state index in [0.717, 1.165) is 26.7 Å². The van der Waals surface area contributed by atoms with E-state index in [1.54, 1.807) is 0 Å². The molecule has 0 fully saturated rings. The number of hydrogen-bond acceptors (Lipinski definition) is 3. The number of thiazole rings is 1. The summed E-state index contributed by atoms with van der Waals surface area (Å²) < 4.78 is 2.18. The highest BCUT2D eigenvalue weighted by Gasteiger charge is 2.17. The van der Waals surface area contributed by atoms with Gasteiger partial charge >= 0.3 is 0 Å². The molecule has 3 aromatic carbocycles. The first-order valence-corrected chi connectivity index (χ1v) is 10.6. The number of nitrogens with zero attached hydrogens (tertiary/aromatic N) is 2. The van der Waals surface area contributed by atoms with E-state index in [2.05, 4.69) is 53.2 Å². The fourth-order valence-corrected chi connectivity index (χ4v) is 4.38. The Bertz CT molecular complexity index is 1210. The fourth-order valence-electron chi connectivity index (χ4n) is 3.26. The Hall–Kier alpha value is -3.44. The topological polar surface area (TPSA) is 46.4 Å². The molecule has 1 aromatic heterocycles. The Morgan fingerprint density at radius 3 is 2.20 bits per heavy atom. The van der Waals surface area contributed by atoms with Crippen molar-refractivity contribution in [3.05, 3.63) is 101 Å². The van der Waals surface area contributed by atoms with E-state index < -0.39 is 0 Å². The zero-order valence-corrected chi connectivity index (χ0v) is 17.8. The van der Waals surface area contributed by atoms with Crippen LogP contribution in [0.5, 0.6) is 0 Å². The van der Waals surface area contributed by atoms with Crippen LogP contribution in [0.15, 0.2) is 89.9 Å². The summed E-state index contributed by atoms with van der Waals surface area (Å²) in [6.45, 7) is 4.26. The third-order valence-electron chi connectivity index (χ3n) is 4.69. The van der Waals surface area contributed by atoms with Gasteiger partial charge in [0.25, 0.3) is 0 Å². The summed E-state index contributed by atoms with van der Waals surface area (Å²) in [6.07, 6.45) is 0. The van der Waals surface area contributed by atoms with Crippen LogP contribution in [0.25, 0.3) is 11.3 Å². The van der Waals surface area contributed by atoms with Crippen molar-refractivity contribution in [1.29, 1.82) is 0 Å². The minimum absolute atomic E-state index is 0.0947. The average Bonchev–Trinajstić information content (AvgIpc) is 3.06. The summed E-state index contributed by atoms with van der Waals surface area (Å²) in [4.78, 5) is 17.7. The number of carbonyl (C=O) groups is 1. The minimum Gasteiger partial charge on any atom is -0.316 e. The van der Waals surface area contributed by atoms with Crippen LogP contribution < -0.4 is 10.1 Å². The molecule has 0 spiro atoms. The molecule has 150 valence electrons. The molecular formula is C25H23N3OS. The van der Waals surface area contributed by atoms with E-state index in [0.29, 0.717) is 6.54 Å². The predicted octanol–water partition coefficient (Wildman–Crippen LogP) is 5.76. The van der Waals surface area contributed by atoms with E-state index in [4.69, 9.17) is 4.99 Å². The number of nitrogens with one attached hydrogen (secondary N) is 1. The van der Waals surface area contributed by atoms with Crippen LogP contribution in [-0.4, -0.2) is 10.5 Å².